The lowest BCUT2D eigenvalue weighted by Gasteiger charge is -2.20. The Labute approximate surface area is 135 Å². The molecule has 1 aromatic heterocycles. The molecule has 0 bridgehead atoms. The second-order valence-corrected chi connectivity index (χ2v) is 6.94. The van der Waals surface area contributed by atoms with Crippen molar-refractivity contribution in [1.29, 1.82) is 0 Å². The normalized spacial score (nSPS) is 14.7. The van der Waals surface area contributed by atoms with Gasteiger partial charge in [0.15, 0.2) is 0 Å². The summed E-state index contributed by atoms with van der Waals surface area (Å²) in [6.45, 7) is 0. The van der Waals surface area contributed by atoms with Crippen molar-refractivity contribution in [3.63, 3.8) is 0 Å². The average molecular weight is 305 g/mol. The molecule has 1 nitrogen and oxygen atoms in total. The van der Waals surface area contributed by atoms with E-state index in [9.17, 15) is 0 Å². The van der Waals surface area contributed by atoms with Crippen molar-refractivity contribution in [1.82, 2.24) is 0 Å². The minimum absolute atomic E-state index is 0.243. The van der Waals surface area contributed by atoms with E-state index in [1.807, 2.05) is 11.3 Å². The van der Waals surface area contributed by atoms with Crippen LogP contribution >= 0.6 is 11.3 Å². The molecule has 0 fully saturated rings. The average Bonchev–Trinajstić information content (AvgIpc) is 3.20. The first-order chi connectivity index (χ1) is 10.8. The summed E-state index contributed by atoms with van der Waals surface area (Å²) < 4.78 is 0. The lowest BCUT2D eigenvalue weighted by Crippen LogP contribution is -2.06. The number of fused-ring (bicyclic) bond motifs is 1. The Morgan fingerprint density at radius 1 is 0.909 bits per heavy atom. The first-order valence-electron chi connectivity index (χ1n) is 7.82. The van der Waals surface area contributed by atoms with Crippen LogP contribution in [0.3, 0.4) is 0 Å². The minimum atomic E-state index is 0.243. The number of anilines is 1. The maximum atomic E-state index is 6.44. The van der Waals surface area contributed by atoms with E-state index in [1.54, 1.807) is 0 Å². The van der Waals surface area contributed by atoms with Crippen LogP contribution in [0.15, 0.2) is 60.0 Å². The standard InChI is InChI=1S/C20H19NS/c21-18-13-16-9-4-8-15(16)12-17(18)20(19-10-5-11-22-19)14-6-2-1-3-7-14/h1-3,5-7,10-13,20H,4,8-9,21H2. The minimum Gasteiger partial charge on any atom is -0.398 e. The summed E-state index contributed by atoms with van der Waals surface area (Å²) >= 11 is 1.81. The fourth-order valence-corrected chi connectivity index (χ4v) is 4.38. The zero-order valence-electron chi connectivity index (χ0n) is 12.5. The molecule has 1 unspecified atom stereocenters. The Kier molecular flexibility index (Phi) is 3.47. The van der Waals surface area contributed by atoms with E-state index in [1.165, 1.54) is 46.4 Å². The van der Waals surface area contributed by atoms with Crippen molar-refractivity contribution >= 4 is 17.0 Å². The summed E-state index contributed by atoms with van der Waals surface area (Å²) in [6.07, 6.45) is 3.62. The molecule has 2 aromatic carbocycles. The first-order valence-corrected chi connectivity index (χ1v) is 8.70. The van der Waals surface area contributed by atoms with Crippen molar-refractivity contribution in [2.45, 2.75) is 25.2 Å². The molecule has 1 heterocycles. The summed E-state index contributed by atoms with van der Waals surface area (Å²) in [5.41, 5.74) is 12.9. The van der Waals surface area contributed by atoms with Crippen molar-refractivity contribution < 1.29 is 0 Å². The highest BCUT2D eigenvalue weighted by molar-refractivity contribution is 7.10. The van der Waals surface area contributed by atoms with Gasteiger partial charge in [0.2, 0.25) is 0 Å². The van der Waals surface area contributed by atoms with Crippen LogP contribution in [0.2, 0.25) is 0 Å². The van der Waals surface area contributed by atoms with Gasteiger partial charge in [-0.3, -0.25) is 0 Å². The largest absolute Gasteiger partial charge is 0.398 e. The molecule has 22 heavy (non-hydrogen) atoms. The second kappa shape index (κ2) is 5.62. The van der Waals surface area contributed by atoms with E-state index in [4.69, 9.17) is 5.73 Å². The Morgan fingerprint density at radius 3 is 2.41 bits per heavy atom. The molecule has 1 aliphatic rings. The number of benzene rings is 2. The third kappa shape index (κ3) is 2.34. The van der Waals surface area contributed by atoms with Crippen LogP contribution in [-0.2, 0) is 12.8 Å². The third-order valence-corrected chi connectivity index (χ3v) is 5.51. The van der Waals surface area contributed by atoms with Crippen molar-refractivity contribution in [3.05, 3.63) is 87.1 Å². The second-order valence-electron chi connectivity index (χ2n) is 5.96. The number of rotatable bonds is 3. The van der Waals surface area contributed by atoms with Gasteiger partial charge in [-0.25, -0.2) is 0 Å². The van der Waals surface area contributed by atoms with Gasteiger partial charge in [0, 0.05) is 16.5 Å². The van der Waals surface area contributed by atoms with Crippen LogP contribution in [0.1, 0.15) is 39.5 Å². The van der Waals surface area contributed by atoms with Crippen molar-refractivity contribution in [2.24, 2.45) is 0 Å². The molecular formula is C20H19NS. The van der Waals surface area contributed by atoms with Gasteiger partial charge < -0.3 is 5.73 Å². The van der Waals surface area contributed by atoms with Gasteiger partial charge in [-0.2, -0.15) is 0 Å². The molecule has 1 atom stereocenters. The molecule has 0 spiro atoms. The van der Waals surface area contributed by atoms with Crippen LogP contribution in [0.25, 0.3) is 0 Å². The van der Waals surface area contributed by atoms with E-state index in [0.29, 0.717) is 0 Å². The summed E-state index contributed by atoms with van der Waals surface area (Å²) in [5, 5.41) is 2.15. The van der Waals surface area contributed by atoms with Crippen LogP contribution in [0.5, 0.6) is 0 Å². The molecule has 3 aromatic rings. The molecule has 4 rings (SSSR count). The van der Waals surface area contributed by atoms with Crippen LogP contribution in [-0.4, -0.2) is 0 Å². The number of nitrogens with two attached hydrogens (primary N) is 1. The van der Waals surface area contributed by atoms with Gasteiger partial charge in [0.05, 0.1) is 0 Å². The van der Waals surface area contributed by atoms with E-state index in [-0.39, 0.29) is 5.92 Å². The highest BCUT2D eigenvalue weighted by Crippen LogP contribution is 2.39. The highest BCUT2D eigenvalue weighted by Gasteiger charge is 2.22. The smallest absolute Gasteiger partial charge is 0.0454 e. The SMILES string of the molecule is Nc1cc2c(cc1C(c1ccccc1)c1cccs1)CCC2. The van der Waals surface area contributed by atoms with Gasteiger partial charge in [-0.15, -0.1) is 11.3 Å². The lowest BCUT2D eigenvalue weighted by molar-refractivity contribution is 0.911. The highest BCUT2D eigenvalue weighted by atomic mass is 32.1. The molecule has 0 saturated carbocycles. The summed E-state index contributed by atoms with van der Waals surface area (Å²) in [4.78, 5) is 1.36. The molecule has 2 heteroatoms. The van der Waals surface area contributed by atoms with Crippen molar-refractivity contribution in [3.8, 4) is 0 Å². The molecule has 0 amide bonds. The predicted octanol–water partition coefficient (Wildman–Crippen LogP) is 5.00. The summed E-state index contributed by atoms with van der Waals surface area (Å²) in [6, 6.07) is 19.6. The molecule has 110 valence electrons. The van der Waals surface area contributed by atoms with Gasteiger partial charge >= 0.3 is 0 Å². The fraction of sp³-hybridized carbons (Fsp3) is 0.200. The zero-order valence-corrected chi connectivity index (χ0v) is 13.3. The molecule has 1 aliphatic carbocycles. The van der Waals surface area contributed by atoms with E-state index < -0.39 is 0 Å². The fourth-order valence-electron chi connectivity index (χ4n) is 3.51. The molecule has 0 aliphatic heterocycles. The van der Waals surface area contributed by atoms with Crippen LogP contribution < -0.4 is 5.73 Å². The Balaban J connectivity index is 1.89. The molecule has 2 N–H and O–H groups in total. The van der Waals surface area contributed by atoms with Gasteiger partial charge in [-0.1, -0.05) is 42.5 Å². The zero-order chi connectivity index (χ0) is 14.9. The maximum absolute atomic E-state index is 6.44. The van der Waals surface area contributed by atoms with E-state index in [2.05, 4.69) is 60.0 Å². The number of hydrogen-bond donors (Lipinski definition) is 1. The number of thiophene rings is 1. The number of aryl methyl sites for hydroxylation is 2. The van der Waals surface area contributed by atoms with E-state index in [0.717, 1.165) is 5.69 Å². The molecule has 0 saturated heterocycles. The Hall–Kier alpha value is -2.06. The van der Waals surface area contributed by atoms with Gasteiger partial charge in [-0.05, 0) is 59.0 Å². The van der Waals surface area contributed by atoms with E-state index >= 15 is 0 Å². The quantitative estimate of drug-likeness (QED) is 0.677. The Morgan fingerprint density at radius 2 is 1.68 bits per heavy atom. The maximum Gasteiger partial charge on any atom is 0.0454 e. The van der Waals surface area contributed by atoms with Crippen LogP contribution in [0, 0.1) is 0 Å². The molecule has 0 radical (unpaired) electrons. The molecular weight excluding hydrogens is 286 g/mol. The number of nitrogen functional groups attached to an aromatic ring is 1. The van der Waals surface area contributed by atoms with Crippen molar-refractivity contribution in [2.75, 3.05) is 5.73 Å². The summed E-state index contributed by atoms with van der Waals surface area (Å²) in [5.74, 6) is 0.243. The topological polar surface area (TPSA) is 26.0 Å². The summed E-state index contributed by atoms with van der Waals surface area (Å²) in [7, 11) is 0. The first kappa shape index (κ1) is 13.6. The van der Waals surface area contributed by atoms with Gasteiger partial charge in [0.25, 0.3) is 0 Å². The number of hydrogen-bond acceptors (Lipinski definition) is 2. The monoisotopic (exact) mass is 305 g/mol. The lowest BCUT2D eigenvalue weighted by atomic mass is 9.87. The Bertz CT molecular complexity index is 775. The van der Waals surface area contributed by atoms with Crippen LogP contribution in [0.4, 0.5) is 5.69 Å². The third-order valence-electron chi connectivity index (χ3n) is 4.57. The predicted molar refractivity (Wildman–Crippen MR) is 94.6 cm³/mol. The van der Waals surface area contributed by atoms with Gasteiger partial charge in [0.1, 0.15) is 0 Å².